The first-order chi connectivity index (χ1) is 12.0. The van der Waals surface area contributed by atoms with Crippen molar-refractivity contribution in [2.24, 2.45) is 10.7 Å². The topological polar surface area (TPSA) is 78.1 Å². The molecule has 0 saturated carbocycles. The Balaban J connectivity index is 2.08. The van der Waals surface area contributed by atoms with E-state index < -0.39 is 6.61 Å². The van der Waals surface area contributed by atoms with Gasteiger partial charge in [0.05, 0.1) is 20.8 Å². The Morgan fingerprint density at radius 2 is 1.72 bits per heavy atom. The van der Waals surface area contributed by atoms with Crippen LogP contribution in [0.2, 0.25) is 0 Å². The summed E-state index contributed by atoms with van der Waals surface area (Å²) in [6, 6.07) is 11.7. The molecule has 2 rings (SSSR count). The first-order valence-corrected chi connectivity index (χ1v) is 7.34. The van der Waals surface area contributed by atoms with E-state index in [1.165, 1.54) is 13.2 Å². The van der Waals surface area contributed by atoms with E-state index in [9.17, 15) is 8.78 Å². The molecule has 0 amide bonds. The van der Waals surface area contributed by atoms with E-state index in [1.807, 2.05) is 0 Å². The predicted molar refractivity (Wildman–Crippen MR) is 91.6 cm³/mol. The molecule has 0 saturated heterocycles. The fourth-order valence-electron chi connectivity index (χ4n) is 2.03. The van der Waals surface area contributed by atoms with Crippen molar-refractivity contribution in [1.82, 2.24) is 0 Å². The van der Waals surface area contributed by atoms with Gasteiger partial charge in [0.1, 0.15) is 17.2 Å². The summed E-state index contributed by atoms with van der Waals surface area (Å²) >= 11 is 0. The second-order valence-electron chi connectivity index (χ2n) is 4.91. The van der Waals surface area contributed by atoms with Crippen molar-refractivity contribution in [2.45, 2.75) is 13.2 Å². The molecule has 0 aromatic heterocycles. The second kappa shape index (κ2) is 8.72. The number of nitrogens with two attached hydrogens (primary N) is 1. The summed E-state index contributed by atoms with van der Waals surface area (Å²) in [6.07, 6.45) is 0. The number of methoxy groups -OCH3 is 2. The van der Waals surface area contributed by atoms with E-state index in [4.69, 9.17) is 15.2 Å². The van der Waals surface area contributed by atoms with Crippen LogP contribution in [0.1, 0.15) is 5.56 Å². The molecule has 0 radical (unpaired) electrons. The Kier molecular flexibility index (Phi) is 6.39. The van der Waals surface area contributed by atoms with Crippen LogP contribution in [0.25, 0.3) is 0 Å². The third kappa shape index (κ3) is 5.52. The van der Waals surface area contributed by atoms with Crippen LogP contribution in [0.5, 0.6) is 17.2 Å². The first-order valence-electron chi connectivity index (χ1n) is 7.34. The molecule has 0 aliphatic heterocycles. The van der Waals surface area contributed by atoms with Gasteiger partial charge in [-0.15, -0.1) is 0 Å². The van der Waals surface area contributed by atoms with Crippen molar-refractivity contribution < 1.29 is 23.0 Å². The van der Waals surface area contributed by atoms with Crippen molar-refractivity contribution in [3.05, 3.63) is 48.0 Å². The molecular weight excluding hydrogens is 332 g/mol. The number of hydrogen-bond acceptors (Lipinski definition) is 4. The van der Waals surface area contributed by atoms with Crippen molar-refractivity contribution in [2.75, 3.05) is 19.5 Å². The van der Waals surface area contributed by atoms with Gasteiger partial charge in [-0.2, -0.15) is 8.78 Å². The molecule has 2 aromatic carbocycles. The summed E-state index contributed by atoms with van der Waals surface area (Å²) in [5.41, 5.74) is 7.01. The van der Waals surface area contributed by atoms with Gasteiger partial charge in [-0.25, -0.2) is 4.99 Å². The molecule has 0 fully saturated rings. The van der Waals surface area contributed by atoms with Gasteiger partial charge in [0.2, 0.25) is 0 Å². The zero-order valence-electron chi connectivity index (χ0n) is 13.8. The van der Waals surface area contributed by atoms with Crippen LogP contribution in [-0.2, 0) is 6.54 Å². The lowest BCUT2D eigenvalue weighted by molar-refractivity contribution is -0.0505. The lowest BCUT2D eigenvalue weighted by Gasteiger charge is -2.11. The second-order valence-corrected chi connectivity index (χ2v) is 4.91. The van der Waals surface area contributed by atoms with Crippen LogP contribution in [0.3, 0.4) is 0 Å². The van der Waals surface area contributed by atoms with E-state index in [0.29, 0.717) is 17.1 Å². The third-order valence-corrected chi connectivity index (χ3v) is 3.27. The van der Waals surface area contributed by atoms with Crippen LogP contribution < -0.4 is 25.3 Å². The minimum Gasteiger partial charge on any atom is -0.497 e. The number of rotatable bonds is 7. The smallest absolute Gasteiger partial charge is 0.387 e. The van der Waals surface area contributed by atoms with E-state index in [2.05, 4.69) is 15.0 Å². The van der Waals surface area contributed by atoms with Gasteiger partial charge in [-0.05, 0) is 36.4 Å². The molecule has 6 nitrogen and oxygen atoms in total. The quantitative estimate of drug-likeness (QED) is 0.591. The highest BCUT2D eigenvalue weighted by atomic mass is 19.3. The Morgan fingerprint density at radius 1 is 1.08 bits per heavy atom. The summed E-state index contributed by atoms with van der Waals surface area (Å²) in [7, 11) is 3.02. The van der Waals surface area contributed by atoms with Crippen LogP contribution >= 0.6 is 0 Å². The van der Waals surface area contributed by atoms with Crippen LogP contribution in [0.15, 0.2) is 47.5 Å². The van der Waals surface area contributed by atoms with Gasteiger partial charge in [0.25, 0.3) is 0 Å². The number of nitrogens with one attached hydrogen (secondary N) is 1. The van der Waals surface area contributed by atoms with E-state index in [0.717, 1.165) is 5.69 Å². The number of alkyl halides is 2. The van der Waals surface area contributed by atoms with Crippen molar-refractivity contribution in [1.29, 1.82) is 0 Å². The Hall–Kier alpha value is -3.03. The number of benzene rings is 2. The molecule has 134 valence electrons. The minimum atomic E-state index is -2.94. The molecule has 0 heterocycles. The number of aliphatic imine (C=N–C) groups is 1. The Bertz CT molecular complexity index is 722. The summed E-state index contributed by atoms with van der Waals surface area (Å²) in [5.74, 6) is 1.26. The number of halogens is 2. The van der Waals surface area contributed by atoms with E-state index in [-0.39, 0.29) is 18.3 Å². The Labute approximate surface area is 144 Å². The standard InChI is InChI=1S/C17H19F2N3O3/c1-23-13-7-4-12(5-8-13)22-17(20)21-10-11-3-6-14(24-2)9-15(11)25-16(18)19/h3-9,16H,10H2,1-2H3,(H3,20,21,22). The maximum absolute atomic E-state index is 12.5. The summed E-state index contributed by atoms with van der Waals surface area (Å²) < 4.78 is 39.7. The maximum atomic E-state index is 12.5. The largest absolute Gasteiger partial charge is 0.497 e. The van der Waals surface area contributed by atoms with Crippen molar-refractivity contribution >= 4 is 11.6 Å². The number of nitrogens with zero attached hydrogens (tertiary/aromatic N) is 1. The number of anilines is 1. The van der Waals surface area contributed by atoms with Gasteiger partial charge in [0, 0.05) is 17.3 Å². The van der Waals surface area contributed by atoms with Gasteiger partial charge in [-0.1, -0.05) is 0 Å². The maximum Gasteiger partial charge on any atom is 0.387 e. The lowest BCUT2D eigenvalue weighted by Crippen LogP contribution is -2.22. The fourth-order valence-corrected chi connectivity index (χ4v) is 2.03. The third-order valence-electron chi connectivity index (χ3n) is 3.27. The van der Waals surface area contributed by atoms with Crippen LogP contribution in [-0.4, -0.2) is 26.8 Å². The van der Waals surface area contributed by atoms with Crippen molar-refractivity contribution in [3.8, 4) is 17.2 Å². The highest BCUT2D eigenvalue weighted by molar-refractivity contribution is 5.92. The highest BCUT2D eigenvalue weighted by Crippen LogP contribution is 2.27. The first kappa shape index (κ1) is 18.3. The molecule has 25 heavy (non-hydrogen) atoms. The molecule has 0 bridgehead atoms. The molecular formula is C17H19F2N3O3. The fraction of sp³-hybridized carbons (Fsp3) is 0.235. The van der Waals surface area contributed by atoms with Gasteiger partial charge in [-0.3, -0.25) is 0 Å². The normalized spacial score (nSPS) is 11.3. The monoisotopic (exact) mass is 351 g/mol. The van der Waals surface area contributed by atoms with Crippen LogP contribution in [0.4, 0.5) is 14.5 Å². The number of guanidine groups is 1. The zero-order valence-corrected chi connectivity index (χ0v) is 13.8. The van der Waals surface area contributed by atoms with Gasteiger partial charge < -0.3 is 25.3 Å². The SMILES string of the molecule is COc1ccc(NC(N)=NCc2ccc(OC)cc2OC(F)F)cc1. The average molecular weight is 351 g/mol. The van der Waals surface area contributed by atoms with Gasteiger partial charge >= 0.3 is 6.61 Å². The van der Waals surface area contributed by atoms with E-state index in [1.54, 1.807) is 43.5 Å². The summed E-state index contributed by atoms with van der Waals surface area (Å²) in [5, 5.41) is 2.90. The summed E-state index contributed by atoms with van der Waals surface area (Å²) in [4.78, 5) is 4.14. The summed E-state index contributed by atoms with van der Waals surface area (Å²) in [6.45, 7) is -2.87. The zero-order chi connectivity index (χ0) is 18.2. The average Bonchev–Trinajstić information content (AvgIpc) is 2.60. The van der Waals surface area contributed by atoms with E-state index >= 15 is 0 Å². The number of ether oxygens (including phenoxy) is 3. The Morgan fingerprint density at radius 3 is 2.32 bits per heavy atom. The molecule has 2 aromatic rings. The number of hydrogen-bond donors (Lipinski definition) is 2. The lowest BCUT2D eigenvalue weighted by atomic mass is 10.2. The molecule has 8 heteroatoms. The van der Waals surface area contributed by atoms with Crippen molar-refractivity contribution in [3.63, 3.8) is 0 Å². The highest BCUT2D eigenvalue weighted by Gasteiger charge is 2.11. The molecule has 0 atom stereocenters. The molecule has 0 aliphatic carbocycles. The molecule has 0 aliphatic rings. The molecule has 3 N–H and O–H groups in total. The predicted octanol–water partition coefficient (Wildman–Crippen LogP) is 3.23. The van der Waals surface area contributed by atoms with Crippen LogP contribution in [0, 0.1) is 0 Å². The minimum absolute atomic E-state index is 0.00431. The molecule has 0 unspecified atom stereocenters. The van der Waals surface area contributed by atoms with Gasteiger partial charge in [0.15, 0.2) is 5.96 Å². The molecule has 0 spiro atoms.